The van der Waals surface area contributed by atoms with Gasteiger partial charge in [-0.15, -0.1) is 11.3 Å². The van der Waals surface area contributed by atoms with E-state index in [1.165, 1.54) is 29.5 Å². The molecule has 7 nitrogen and oxygen atoms in total. The molecular weight excluding hydrogens is 488 g/mol. The largest absolute Gasteiger partial charge is 0.466 e. The number of piperidine rings is 1. The Balaban J connectivity index is 1.22. The maximum absolute atomic E-state index is 14.1. The predicted octanol–water partition coefficient (Wildman–Crippen LogP) is 4.30. The molecule has 2 aliphatic heterocycles. The van der Waals surface area contributed by atoms with E-state index >= 15 is 0 Å². The van der Waals surface area contributed by atoms with Crippen LogP contribution in [0, 0.1) is 24.5 Å². The number of fused-ring (bicyclic) bond motifs is 2. The minimum absolute atomic E-state index is 0.00607. The van der Waals surface area contributed by atoms with Crippen molar-refractivity contribution in [2.75, 3.05) is 13.3 Å². The lowest BCUT2D eigenvalue weighted by Gasteiger charge is -2.28. The topological polar surface area (TPSA) is 80.8 Å². The van der Waals surface area contributed by atoms with Crippen LogP contribution in [0.5, 0.6) is 5.75 Å². The molecular formula is C26H23F2N3O4S. The number of halogens is 2. The summed E-state index contributed by atoms with van der Waals surface area (Å²) in [6, 6.07) is 8.46. The summed E-state index contributed by atoms with van der Waals surface area (Å²) >= 11 is 1.35. The summed E-state index contributed by atoms with van der Waals surface area (Å²) in [6.45, 7) is 2.20. The van der Waals surface area contributed by atoms with E-state index in [9.17, 15) is 18.4 Å². The molecule has 2 amide bonds. The molecule has 0 spiro atoms. The van der Waals surface area contributed by atoms with Gasteiger partial charge in [0.05, 0.1) is 28.1 Å². The highest BCUT2D eigenvalue weighted by Gasteiger charge is 2.54. The standard InChI is InChI=1S/C26H23F2N3O4S/c1-13-30-22(24(36-13)14-3-2-4-17(27)5-14)26(33)31-19(7-15-8-21(15)31)10-29-25(32)20-9-18(28)6-16-11-34-12-35-23(16)20/h2-6,9,15,19,21H,7-8,10-12H2,1H3,(H,29,32)/t15?,19-,21?/m0/s1. The molecule has 10 heteroatoms. The molecule has 1 aliphatic carbocycles. The molecule has 1 N–H and O–H groups in total. The zero-order valence-corrected chi connectivity index (χ0v) is 20.2. The van der Waals surface area contributed by atoms with E-state index in [2.05, 4.69) is 10.3 Å². The van der Waals surface area contributed by atoms with E-state index < -0.39 is 11.7 Å². The SMILES string of the molecule is Cc1nc(C(=O)N2C3CC3C[C@H]2CNC(=O)c2cc(F)cc3c2OCOC3)c(-c2cccc(F)c2)s1. The Hall–Kier alpha value is -3.37. The smallest absolute Gasteiger partial charge is 0.274 e. The number of thiazole rings is 1. The number of amides is 2. The van der Waals surface area contributed by atoms with E-state index in [1.54, 1.807) is 12.1 Å². The Kier molecular flexibility index (Phi) is 5.72. The molecule has 1 saturated heterocycles. The molecule has 6 rings (SSSR count). The second-order valence-electron chi connectivity index (χ2n) is 9.35. The van der Waals surface area contributed by atoms with E-state index in [-0.39, 0.29) is 49.3 Å². The normalized spacial score (nSPS) is 22.0. The highest BCUT2D eigenvalue weighted by Crippen LogP contribution is 2.49. The lowest BCUT2D eigenvalue weighted by Crippen LogP contribution is -2.45. The minimum Gasteiger partial charge on any atom is -0.466 e. The Bertz CT molecular complexity index is 1380. The summed E-state index contributed by atoms with van der Waals surface area (Å²) in [4.78, 5) is 33.7. The molecule has 3 aromatic rings. The molecule has 2 aromatic carbocycles. The molecule has 3 aliphatic rings. The average molecular weight is 512 g/mol. The number of aryl methyl sites for hydroxylation is 1. The number of ether oxygens (including phenoxy) is 2. The van der Waals surface area contributed by atoms with Crippen LogP contribution in [0.1, 0.15) is 44.3 Å². The summed E-state index contributed by atoms with van der Waals surface area (Å²) < 4.78 is 38.6. The van der Waals surface area contributed by atoms with Crippen LogP contribution in [-0.2, 0) is 11.3 Å². The number of benzene rings is 2. The Morgan fingerprint density at radius 1 is 1.19 bits per heavy atom. The van der Waals surface area contributed by atoms with Gasteiger partial charge in [-0.25, -0.2) is 13.8 Å². The summed E-state index contributed by atoms with van der Waals surface area (Å²) in [5.74, 6) is -0.903. The van der Waals surface area contributed by atoms with Crippen LogP contribution >= 0.6 is 11.3 Å². The number of hydrogen-bond acceptors (Lipinski definition) is 6. The highest BCUT2D eigenvalue weighted by molar-refractivity contribution is 7.15. The number of carbonyl (C=O) groups is 2. The molecule has 186 valence electrons. The van der Waals surface area contributed by atoms with Crippen LogP contribution < -0.4 is 10.1 Å². The summed E-state index contributed by atoms with van der Waals surface area (Å²) in [5.41, 5.74) is 1.51. The molecule has 0 radical (unpaired) electrons. The second-order valence-corrected chi connectivity index (χ2v) is 10.6. The van der Waals surface area contributed by atoms with Crippen LogP contribution in [0.4, 0.5) is 8.78 Å². The van der Waals surface area contributed by atoms with Crippen molar-refractivity contribution in [1.82, 2.24) is 15.2 Å². The van der Waals surface area contributed by atoms with Gasteiger partial charge in [0.15, 0.2) is 6.79 Å². The van der Waals surface area contributed by atoms with Gasteiger partial charge in [-0.1, -0.05) is 12.1 Å². The monoisotopic (exact) mass is 511 g/mol. The lowest BCUT2D eigenvalue weighted by atomic mass is 10.1. The molecule has 2 fully saturated rings. The van der Waals surface area contributed by atoms with Crippen LogP contribution in [0.15, 0.2) is 36.4 Å². The third-order valence-corrected chi connectivity index (χ3v) is 7.91. The van der Waals surface area contributed by atoms with Crippen molar-refractivity contribution in [2.24, 2.45) is 5.92 Å². The van der Waals surface area contributed by atoms with Crippen LogP contribution in [-0.4, -0.2) is 47.1 Å². The molecule has 36 heavy (non-hydrogen) atoms. The third kappa shape index (κ3) is 4.14. The first-order chi connectivity index (χ1) is 17.4. The number of aromatic nitrogens is 1. The average Bonchev–Trinajstić information content (AvgIpc) is 3.35. The van der Waals surface area contributed by atoms with Gasteiger partial charge in [0.2, 0.25) is 0 Å². The number of nitrogens with zero attached hydrogens (tertiary/aromatic N) is 2. The van der Waals surface area contributed by atoms with Crippen molar-refractivity contribution in [1.29, 1.82) is 0 Å². The molecule has 1 aromatic heterocycles. The zero-order valence-electron chi connectivity index (χ0n) is 19.4. The van der Waals surface area contributed by atoms with E-state index in [0.29, 0.717) is 38.4 Å². The van der Waals surface area contributed by atoms with Crippen LogP contribution in [0.3, 0.4) is 0 Å². The first-order valence-electron chi connectivity index (χ1n) is 11.8. The van der Waals surface area contributed by atoms with Gasteiger partial charge < -0.3 is 19.7 Å². The first-order valence-corrected chi connectivity index (χ1v) is 12.6. The van der Waals surface area contributed by atoms with Crippen LogP contribution in [0.25, 0.3) is 10.4 Å². The van der Waals surface area contributed by atoms with Crippen molar-refractivity contribution in [3.05, 3.63) is 69.9 Å². The molecule has 0 bridgehead atoms. The van der Waals surface area contributed by atoms with Crippen molar-refractivity contribution >= 4 is 23.2 Å². The van der Waals surface area contributed by atoms with Gasteiger partial charge in [-0.3, -0.25) is 9.59 Å². The Morgan fingerprint density at radius 2 is 2.06 bits per heavy atom. The number of hydrogen-bond donors (Lipinski definition) is 1. The van der Waals surface area contributed by atoms with Gasteiger partial charge >= 0.3 is 0 Å². The molecule has 3 atom stereocenters. The molecule has 3 heterocycles. The molecule has 2 unspecified atom stereocenters. The van der Waals surface area contributed by atoms with E-state index in [1.807, 2.05) is 11.8 Å². The second kappa shape index (κ2) is 8.94. The molecule has 1 saturated carbocycles. The van der Waals surface area contributed by atoms with E-state index in [0.717, 1.165) is 18.9 Å². The number of nitrogens with one attached hydrogen (secondary N) is 1. The Morgan fingerprint density at radius 3 is 2.89 bits per heavy atom. The Labute approximate surface area is 210 Å². The maximum atomic E-state index is 14.1. The third-order valence-electron chi connectivity index (χ3n) is 6.89. The quantitative estimate of drug-likeness (QED) is 0.553. The highest BCUT2D eigenvalue weighted by atomic mass is 32.1. The van der Waals surface area contributed by atoms with Crippen molar-refractivity contribution < 1.29 is 27.8 Å². The minimum atomic E-state index is -0.546. The van der Waals surface area contributed by atoms with Crippen molar-refractivity contribution in [3.8, 4) is 16.2 Å². The van der Waals surface area contributed by atoms with Gasteiger partial charge in [-0.05, 0) is 55.5 Å². The summed E-state index contributed by atoms with van der Waals surface area (Å²) in [5, 5.41) is 3.58. The first kappa shape index (κ1) is 23.1. The zero-order chi connectivity index (χ0) is 25.0. The fourth-order valence-corrected chi connectivity index (χ4v) is 6.14. The number of carbonyl (C=O) groups excluding carboxylic acids is 2. The lowest BCUT2D eigenvalue weighted by molar-refractivity contribution is -0.0170. The van der Waals surface area contributed by atoms with Crippen LogP contribution in [0.2, 0.25) is 0 Å². The van der Waals surface area contributed by atoms with Gasteiger partial charge in [0, 0.05) is 18.2 Å². The fourth-order valence-electron chi connectivity index (χ4n) is 5.23. The summed E-state index contributed by atoms with van der Waals surface area (Å²) in [7, 11) is 0. The van der Waals surface area contributed by atoms with Gasteiger partial charge in [0.25, 0.3) is 11.8 Å². The maximum Gasteiger partial charge on any atom is 0.274 e. The predicted molar refractivity (Wildman–Crippen MR) is 128 cm³/mol. The number of likely N-dealkylation sites (tertiary alicyclic amines) is 1. The number of rotatable bonds is 5. The van der Waals surface area contributed by atoms with E-state index in [4.69, 9.17) is 9.47 Å². The van der Waals surface area contributed by atoms with Gasteiger partial charge in [0.1, 0.15) is 23.1 Å². The van der Waals surface area contributed by atoms with Crippen molar-refractivity contribution in [3.63, 3.8) is 0 Å². The van der Waals surface area contributed by atoms with Crippen molar-refractivity contribution in [2.45, 2.75) is 38.5 Å². The fraction of sp³-hybridized carbons (Fsp3) is 0.346. The van der Waals surface area contributed by atoms with Gasteiger partial charge in [-0.2, -0.15) is 0 Å². The summed E-state index contributed by atoms with van der Waals surface area (Å²) in [6.07, 6.45) is 1.68.